The summed E-state index contributed by atoms with van der Waals surface area (Å²) in [5, 5.41) is 11.3. The molecule has 2 heterocycles. The van der Waals surface area contributed by atoms with E-state index in [1.165, 1.54) is 12.1 Å². The van der Waals surface area contributed by atoms with Crippen molar-refractivity contribution >= 4 is 11.7 Å². The van der Waals surface area contributed by atoms with Gasteiger partial charge in [-0.3, -0.25) is 4.79 Å². The Hall–Kier alpha value is -2.96. The summed E-state index contributed by atoms with van der Waals surface area (Å²) in [6, 6.07) is 7.88. The Morgan fingerprint density at radius 3 is 2.57 bits per heavy atom. The molecular weight excluding hydrogens is 359 g/mol. The van der Waals surface area contributed by atoms with Gasteiger partial charge in [0.25, 0.3) is 5.91 Å². The number of benzene rings is 1. The topological polar surface area (TPSA) is 73.0 Å². The maximum Gasteiger partial charge on any atom is 0.277 e. The first kappa shape index (κ1) is 18.4. The van der Waals surface area contributed by atoms with Crippen LogP contribution in [0.3, 0.4) is 0 Å². The van der Waals surface area contributed by atoms with Gasteiger partial charge in [-0.2, -0.15) is 5.10 Å². The van der Waals surface area contributed by atoms with Gasteiger partial charge in [-0.1, -0.05) is 25.9 Å². The van der Waals surface area contributed by atoms with Crippen molar-refractivity contribution in [3.05, 3.63) is 58.9 Å². The molecule has 0 fully saturated rings. The molecule has 0 spiro atoms. The highest BCUT2D eigenvalue weighted by Gasteiger charge is 2.27. The first-order valence-electron chi connectivity index (χ1n) is 9.48. The summed E-state index contributed by atoms with van der Waals surface area (Å²) in [4.78, 5) is 12.9. The van der Waals surface area contributed by atoms with Crippen LogP contribution >= 0.6 is 0 Å². The maximum absolute atomic E-state index is 13.3. The smallest absolute Gasteiger partial charge is 0.277 e. The number of amides is 1. The minimum atomic E-state index is -0.312. The van der Waals surface area contributed by atoms with Gasteiger partial charge in [0.2, 0.25) is 0 Å². The van der Waals surface area contributed by atoms with Crippen LogP contribution in [-0.2, 0) is 18.3 Å². The van der Waals surface area contributed by atoms with E-state index in [0.29, 0.717) is 17.3 Å². The van der Waals surface area contributed by atoms with Gasteiger partial charge >= 0.3 is 0 Å². The van der Waals surface area contributed by atoms with E-state index in [0.717, 1.165) is 42.6 Å². The van der Waals surface area contributed by atoms with Gasteiger partial charge in [-0.15, -0.1) is 0 Å². The van der Waals surface area contributed by atoms with Gasteiger partial charge in [0.05, 0.1) is 5.69 Å². The summed E-state index contributed by atoms with van der Waals surface area (Å²) in [5.41, 5.74) is 2.90. The van der Waals surface area contributed by atoms with Crippen molar-refractivity contribution in [3.8, 4) is 5.69 Å². The predicted molar refractivity (Wildman–Crippen MR) is 103 cm³/mol. The average Bonchev–Trinajstić information content (AvgIpc) is 3.27. The number of hydrogen-bond acceptors (Lipinski definition) is 4. The number of nitrogens with zero attached hydrogens (tertiary/aromatic N) is 3. The number of anilines is 1. The number of aromatic nitrogens is 3. The standard InChI is InChI=1S/C21H23FN4O2/c1-21(2,3)17-12-18(25-28-17)23-20(27)19-15-6-4-5-7-16(15)26(24-19)14-10-8-13(22)9-11-14/h8-12H,4-7H2,1-3H3,(H,23,25,27). The molecule has 1 N–H and O–H groups in total. The number of carbonyl (C=O) groups excluding carboxylic acids is 1. The summed E-state index contributed by atoms with van der Waals surface area (Å²) in [6.07, 6.45) is 3.69. The normalized spacial score (nSPS) is 14.0. The van der Waals surface area contributed by atoms with Crippen molar-refractivity contribution in [2.45, 2.75) is 51.9 Å². The molecule has 1 amide bonds. The second-order valence-corrected chi connectivity index (χ2v) is 8.15. The molecule has 28 heavy (non-hydrogen) atoms. The molecule has 0 atom stereocenters. The summed E-state index contributed by atoms with van der Waals surface area (Å²) >= 11 is 0. The van der Waals surface area contributed by atoms with E-state index in [1.807, 2.05) is 20.8 Å². The first-order valence-corrected chi connectivity index (χ1v) is 9.48. The van der Waals surface area contributed by atoms with Crippen LogP contribution in [-0.4, -0.2) is 20.8 Å². The van der Waals surface area contributed by atoms with Crippen molar-refractivity contribution < 1.29 is 13.7 Å². The highest BCUT2D eigenvalue weighted by molar-refractivity contribution is 6.03. The maximum atomic E-state index is 13.3. The molecule has 1 aliphatic carbocycles. The van der Waals surface area contributed by atoms with E-state index in [9.17, 15) is 9.18 Å². The Bertz CT molecular complexity index is 1010. The van der Waals surface area contributed by atoms with Crippen LogP contribution in [0.2, 0.25) is 0 Å². The lowest BCUT2D eigenvalue weighted by molar-refractivity contribution is 0.102. The van der Waals surface area contributed by atoms with Crippen molar-refractivity contribution in [2.75, 3.05) is 5.32 Å². The molecular formula is C21H23FN4O2. The molecule has 0 bridgehead atoms. The van der Waals surface area contributed by atoms with Crippen LogP contribution in [0.5, 0.6) is 0 Å². The van der Waals surface area contributed by atoms with Crippen LogP contribution in [0.25, 0.3) is 5.69 Å². The summed E-state index contributed by atoms with van der Waals surface area (Å²) in [6.45, 7) is 6.04. The van der Waals surface area contributed by atoms with Gasteiger partial charge in [0.15, 0.2) is 11.5 Å². The zero-order valence-electron chi connectivity index (χ0n) is 16.3. The van der Waals surface area contributed by atoms with Gasteiger partial charge in [0, 0.05) is 22.7 Å². The minimum Gasteiger partial charge on any atom is -0.359 e. The second-order valence-electron chi connectivity index (χ2n) is 8.15. The summed E-state index contributed by atoms with van der Waals surface area (Å²) in [7, 11) is 0. The monoisotopic (exact) mass is 382 g/mol. The predicted octanol–water partition coefficient (Wildman–Crippen LogP) is 4.43. The molecule has 2 aromatic heterocycles. The number of fused-ring (bicyclic) bond motifs is 1. The quantitative estimate of drug-likeness (QED) is 0.727. The molecule has 7 heteroatoms. The van der Waals surface area contributed by atoms with Crippen LogP contribution in [0.4, 0.5) is 10.2 Å². The molecule has 6 nitrogen and oxygen atoms in total. The molecule has 0 unspecified atom stereocenters. The largest absolute Gasteiger partial charge is 0.359 e. The zero-order valence-corrected chi connectivity index (χ0v) is 16.3. The lowest BCUT2D eigenvalue weighted by atomic mass is 9.93. The third-order valence-electron chi connectivity index (χ3n) is 4.96. The first-order chi connectivity index (χ1) is 13.3. The Labute approximate surface area is 162 Å². The Morgan fingerprint density at radius 1 is 1.18 bits per heavy atom. The van der Waals surface area contributed by atoms with Crippen LogP contribution in [0.15, 0.2) is 34.9 Å². The van der Waals surface area contributed by atoms with Gasteiger partial charge in [0.1, 0.15) is 11.6 Å². The molecule has 3 aromatic rings. The van der Waals surface area contributed by atoms with Crippen LogP contribution in [0, 0.1) is 5.82 Å². The van der Waals surface area contributed by atoms with Gasteiger partial charge in [-0.05, 0) is 49.9 Å². The number of hydrogen-bond donors (Lipinski definition) is 1. The highest BCUT2D eigenvalue weighted by Crippen LogP contribution is 2.28. The van der Waals surface area contributed by atoms with Gasteiger partial charge in [-0.25, -0.2) is 9.07 Å². The lowest BCUT2D eigenvalue weighted by Crippen LogP contribution is -2.16. The summed E-state index contributed by atoms with van der Waals surface area (Å²) in [5.74, 6) is 0.452. The average molecular weight is 382 g/mol. The second kappa shape index (κ2) is 6.89. The van der Waals surface area contributed by atoms with E-state index in [4.69, 9.17) is 4.52 Å². The molecule has 146 valence electrons. The third kappa shape index (κ3) is 3.44. The number of carbonyl (C=O) groups is 1. The fourth-order valence-electron chi connectivity index (χ4n) is 3.44. The van der Waals surface area contributed by atoms with Crippen molar-refractivity contribution in [2.24, 2.45) is 0 Å². The van der Waals surface area contributed by atoms with Gasteiger partial charge < -0.3 is 9.84 Å². The number of rotatable bonds is 3. The van der Waals surface area contributed by atoms with E-state index in [2.05, 4.69) is 15.6 Å². The molecule has 0 radical (unpaired) electrons. The van der Waals surface area contributed by atoms with E-state index in [-0.39, 0.29) is 17.1 Å². The van der Waals surface area contributed by atoms with Crippen LogP contribution < -0.4 is 5.32 Å². The third-order valence-corrected chi connectivity index (χ3v) is 4.96. The van der Waals surface area contributed by atoms with Crippen molar-refractivity contribution in [3.63, 3.8) is 0 Å². The molecule has 0 saturated heterocycles. The fraction of sp³-hybridized carbons (Fsp3) is 0.381. The van der Waals surface area contributed by atoms with E-state index < -0.39 is 0 Å². The highest BCUT2D eigenvalue weighted by atomic mass is 19.1. The number of nitrogens with one attached hydrogen (secondary N) is 1. The Kier molecular flexibility index (Phi) is 4.53. The summed E-state index contributed by atoms with van der Waals surface area (Å²) < 4.78 is 20.4. The molecule has 1 aromatic carbocycles. The molecule has 0 aliphatic heterocycles. The molecule has 0 saturated carbocycles. The zero-order chi connectivity index (χ0) is 19.9. The van der Waals surface area contributed by atoms with Crippen molar-refractivity contribution in [1.29, 1.82) is 0 Å². The Morgan fingerprint density at radius 2 is 1.89 bits per heavy atom. The number of halogens is 1. The SMILES string of the molecule is CC(C)(C)c1cc(NC(=O)c2nn(-c3ccc(F)cc3)c3c2CCCC3)no1. The van der Waals surface area contributed by atoms with E-state index in [1.54, 1.807) is 22.9 Å². The lowest BCUT2D eigenvalue weighted by Gasteiger charge is -2.14. The van der Waals surface area contributed by atoms with Crippen LogP contribution in [0.1, 0.15) is 61.1 Å². The fourth-order valence-corrected chi connectivity index (χ4v) is 3.44. The molecule has 4 rings (SSSR count). The van der Waals surface area contributed by atoms with E-state index >= 15 is 0 Å². The van der Waals surface area contributed by atoms with Crippen molar-refractivity contribution in [1.82, 2.24) is 14.9 Å². The molecule has 1 aliphatic rings. The Balaban J connectivity index is 1.66. The minimum absolute atomic E-state index is 0.195.